The lowest BCUT2D eigenvalue weighted by atomic mass is 8.68. The molecule has 0 spiro atoms. The van der Waals surface area contributed by atoms with Gasteiger partial charge in [0.05, 0.1) is 127 Å². The molecule has 0 atom stereocenters. The quantitative estimate of drug-likeness (QED) is 0.0801. The molecule has 0 bridgehead atoms. The molecule has 0 N–H and O–H groups in total. The molecule has 0 heterocycles. The number of aryl methyl sites for hydroxylation is 4. The summed E-state index contributed by atoms with van der Waals surface area (Å²) in [7, 11) is 38.5. The fourth-order valence-corrected chi connectivity index (χ4v) is 14.4. The molecule has 6 aromatic rings. The van der Waals surface area contributed by atoms with Crippen molar-refractivity contribution < 1.29 is 0 Å². The van der Waals surface area contributed by atoms with Gasteiger partial charge in [-0.25, -0.2) is 0 Å². The number of fused-ring (bicyclic) bond motifs is 3. The summed E-state index contributed by atoms with van der Waals surface area (Å²) in [4.78, 5) is 0. The van der Waals surface area contributed by atoms with Crippen LogP contribution in [-0.2, 0) is 0 Å². The summed E-state index contributed by atoms with van der Waals surface area (Å²) in [6.07, 6.45) is 2.06. The fourth-order valence-electron chi connectivity index (χ4n) is 14.4. The van der Waals surface area contributed by atoms with E-state index >= 15 is 0 Å². The van der Waals surface area contributed by atoms with Gasteiger partial charge in [-0.05, 0) is 224 Å². The van der Waals surface area contributed by atoms with E-state index in [1.54, 1.807) is 49.2 Å². The van der Waals surface area contributed by atoms with Crippen LogP contribution in [-0.4, -0.2) is 181 Å². The van der Waals surface area contributed by atoms with E-state index in [9.17, 15) is 0 Å². The fraction of sp³-hybridized carbons (Fsp3) is 0.318. The number of hydrogen-bond acceptors (Lipinski definition) is 0. The summed E-state index contributed by atoms with van der Waals surface area (Å²) in [5, 5.41) is 9.06. The second-order valence-electron chi connectivity index (χ2n) is 24.2. The van der Waals surface area contributed by atoms with Gasteiger partial charge < -0.3 is 0 Å². The minimum atomic E-state index is 0.327. The zero-order valence-electron chi connectivity index (χ0n) is 49.7. The van der Waals surface area contributed by atoms with Crippen LogP contribution in [0.4, 0.5) is 0 Å². The van der Waals surface area contributed by atoms with Gasteiger partial charge >= 0.3 is 0 Å². The van der Waals surface area contributed by atoms with E-state index in [0.29, 0.717) is 51.5 Å². The first-order valence-electron chi connectivity index (χ1n) is 27.8. The van der Waals surface area contributed by atoms with E-state index in [2.05, 4.69) is 205 Å². The van der Waals surface area contributed by atoms with Crippen molar-refractivity contribution in [2.24, 2.45) is 0 Å². The summed E-state index contributed by atoms with van der Waals surface area (Å²) < 4.78 is 0. The van der Waals surface area contributed by atoms with Crippen molar-refractivity contribution in [2.45, 2.75) is 96.9 Å². The molecule has 6 rings (SSSR count). The Morgan fingerprint density at radius 1 is 0.333 bits per heavy atom. The van der Waals surface area contributed by atoms with Crippen LogP contribution >= 0.6 is 0 Å². The molecular weight excluding hydrogens is 799 g/mol. The first-order chi connectivity index (χ1) is 32.1. The van der Waals surface area contributed by atoms with Gasteiger partial charge in [0.1, 0.15) is 21.5 Å². The summed E-state index contributed by atoms with van der Waals surface area (Å²) >= 11 is 0. The molecule has 0 aliphatic carbocycles. The van der Waals surface area contributed by atoms with E-state index in [1.807, 2.05) is 0 Å². The number of hydrogen-bond donors (Lipinski definition) is 0. The molecule has 0 nitrogen and oxygen atoms in total. The van der Waals surface area contributed by atoms with Crippen LogP contribution in [0.1, 0.15) is 77.9 Å². The first-order valence-corrected chi connectivity index (χ1v) is 27.8. The Balaban J connectivity index is 2.23. The predicted molar refractivity (Wildman–Crippen MR) is 381 cm³/mol. The number of benzene rings is 6. The second kappa shape index (κ2) is 20.9. The lowest BCUT2D eigenvalue weighted by Crippen LogP contribution is -2.69. The van der Waals surface area contributed by atoms with E-state index in [0.717, 1.165) is 14.2 Å². The van der Waals surface area contributed by atoms with Crippen LogP contribution in [0.15, 0.2) is 0 Å². The van der Waals surface area contributed by atoms with E-state index < -0.39 is 0 Å². The molecule has 324 valence electrons. The number of rotatable bonds is 13. The lowest BCUT2D eigenvalue weighted by molar-refractivity contribution is 1.18. The highest BCUT2D eigenvalue weighted by Gasteiger charge is 2.39. The van der Waals surface area contributed by atoms with Gasteiger partial charge in [-0.2, -0.15) is 0 Å². The van der Waals surface area contributed by atoms with Crippen LogP contribution in [0.2, 0.25) is 0 Å². The molecule has 0 unspecified atom stereocenters. The van der Waals surface area contributed by atoms with Crippen molar-refractivity contribution in [2.75, 3.05) is 0 Å². The lowest BCUT2D eigenvalue weighted by Gasteiger charge is -2.38. The molecule has 0 aliphatic rings. The topological polar surface area (TPSA) is 0 Å². The molecule has 0 aliphatic heterocycles. The minimum absolute atomic E-state index is 0.327. The zero-order valence-corrected chi connectivity index (χ0v) is 49.7. The highest BCUT2D eigenvalue weighted by atomic mass is 14.3. The Hall–Kier alpha value is -2.28. The van der Waals surface area contributed by atoms with Crippen molar-refractivity contribution in [1.29, 1.82) is 0 Å². The molecule has 69 heavy (non-hydrogen) atoms. The van der Waals surface area contributed by atoms with Gasteiger partial charge in [-0.1, -0.05) is 27.4 Å². The second-order valence-corrected chi connectivity index (χ2v) is 24.2. The molecular formula is C44H73B25. The standard InChI is InChI=1S/C44H73B25/c1-15-16(2)21(7)29(22(8)17(15)3)35-31-24(10)19(5)18(4)23(9)30(31)27(13)34-32(35)25(11)20(6)26(12)33(34)36-37-38(39(45)40(59-46)43(36)62(49)50)41(65(68(56)57)69(58)61-48)28(14)42(64(60-47)67(54)55)44(37)63(51)66(52)53/h59-61H,45-58H2,1-14H3. The molecule has 0 saturated carbocycles. The largest absolute Gasteiger partial charge is 0.139 e. The van der Waals surface area contributed by atoms with Gasteiger partial charge in [-0.3, -0.25) is 0 Å². The molecule has 0 fully saturated rings. The first kappa shape index (κ1) is 56.0. The SMILES string of the molecule is BBB(B)B(B(B)B)c1c(C)c(B(BB)B(B)B)c(B(B)B(B)B)c2c(-c3c(C)c(C)c(C)c4c(-c5c(C)c(C)c(C)c(C)c5C)c5c(C)c(C)c(C)c(C)c5c(C)c34)c(B(B)B)c(BB)c(B)c12. The highest BCUT2D eigenvalue weighted by molar-refractivity contribution is 7.88. The Morgan fingerprint density at radius 3 is 1.20 bits per heavy atom. The Morgan fingerprint density at radius 2 is 0.768 bits per heavy atom. The van der Waals surface area contributed by atoms with Crippen molar-refractivity contribution >= 4 is 246 Å². The van der Waals surface area contributed by atoms with Crippen LogP contribution in [0, 0.1) is 96.9 Å². The summed E-state index contributed by atoms with van der Waals surface area (Å²) in [5.74, 6) is 0. The molecule has 25 heteroatoms. The van der Waals surface area contributed by atoms with E-state index in [-0.39, 0.29) is 0 Å². The average Bonchev–Trinajstić information content (AvgIpc) is 3.29. The van der Waals surface area contributed by atoms with Gasteiger partial charge in [0.2, 0.25) is 0 Å². The summed E-state index contributed by atoms with van der Waals surface area (Å²) in [6.45, 7) is 35.7. The van der Waals surface area contributed by atoms with Crippen LogP contribution in [0.5, 0.6) is 0 Å². The van der Waals surface area contributed by atoms with Crippen molar-refractivity contribution in [3.63, 3.8) is 0 Å². The summed E-state index contributed by atoms with van der Waals surface area (Å²) in [5.41, 5.74) is 35.9. The average molecular weight is 872 g/mol. The van der Waals surface area contributed by atoms with Gasteiger partial charge in [0.15, 0.2) is 0 Å². The third-order valence-electron chi connectivity index (χ3n) is 19.7. The molecule has 0 amide bonds. The van der Waals surface area contributed by atoms with Gasteiger partial charge in [-0.15, -0.1) is 10.9 Å². The minimum Gasteiger partial charge on any atom is -0.105 e. The molecule has 0 radical (unpaired) electrons. The third kappa shape index (κ3) is 8.64. The Labute approximate surface area is 440 Å². The van der Waals surface area contributed by atoms with Gasteiger partial charge in [0, 0.05) is 32.6 Å². The maximum Gasteiger partial charge on any atom is 0.139 e. The van der Waals surface area contributed by atoms with Crippen molar-refractivity contribution in [3.05, 3.63) is 77.9 Å². The molecule has 0 aromatic heterocycles. The Bertz CT molecular complexity index is 3060. The van der Waals surface area contributed by atoms with Crippen LogP contribution < -0.4 is 32.8 Å². The van der Waals surface area contributed by atoms with E-state index in [4.69, 9.17) is 0 Å². The van der Waals surface area contributed by atoms with Gasteiger partial charge in [0.25, 0.3) is 0 Å². The third-order valence-corrected chi connectivity index (χ3v) is 19.7. The maximum atomic E-state index is 2.60. The van der Waals surface area contributed by atoms with Crippen LogP contribution in [0.25, 0.3) is 54.6 Å². The monoisotopic (exact) mass is 877 g/mol. The molecule has 0 saturated heterocycles. The van der Waals surface area contributed by atoms with Crippen molar-refractivity contribution in [1.82, 2.24) is 0 Å². The van der Waals surface area contributed by atoms with Crippen LogP contribution in [0.3, 0.4) is 0 Å². The normalized spacial score (nSPS) is 11.3. The zero-order chi connectivity index (χ0) is 52.1. The van der Waals surface area contributed by atoms with Crippen molar-refractivity contribution in [3.8, 4) is 22.3 Å². The Kier molecular flexibility index (Phi) is 17.0. The summed E-state index contributed by atoms with van der Waals surface area (Å²) in [6, 6.07) is 0. The van der Waals surface area contributed by atoms with E-state index in [1.165, 1.54) is 123 Å². The molecule has 6 aromatic carbocycles. The highest BCUT2D eigenvalue weighted by Crippen LogP contribution is 2.51. The smallest absolute Gasteiger partial charge is 0.105 e. The predicted octanol–water partition coefficient (Wildman–Crippen LogP) is -9.97. The maximum absolute atomic E-state index is 2.60.